The summed E-state index contributed by atoms with van der Waals surface area (Å²) in [5.41, 5.74) is 0.729. The van der Waals surface area contributed by atoms with Crippen LogP contribution in [0.25, 0.3) is 20.7 Å². The van der Waals surface area contributed by atoms with Crippen LogP contribution < -0.4 is 11.2 Å². The van der Waals surface area contributed by atoms with Crippen LogP contribution in [0, 0.1) is 0 Å². The summed E-state index contributed by atoms with van der Waals surface area (Å²) in [6.07, 6.45) is -0.191. The van der Waals surface area contributed by atoms with Crippen LogP contribution in [0.4, 0.5) is 4.79 Å². The Morgan fingerprint density at radius 3 is 2.59 bits per heavy atom. The van der Waals surface area contributed by atoms with E-state index in [2.05, 4.69) is 15.5 Å². The van der Waals surface area contributed by atoms with Gasteiger partial charge in [-0.05, 0) is 41.8 Å². The normalized spacial score (nSPS) is 14.7. The molecular formula is C22H23N7O4S. The largest absolute Gasteiger partial charge is 0.465 e. The van der Waals surface area contributed by atoms with Crippen molar-refractivity contribution >= 4 is 27.6 Å². The molecule has 0 unspecified atom stereocenters. The molecule has 5 rings (SSSR count). The molecule has 1 amide bonds. The van der Waals surface area contributed by atoms with Gasteiger partial charge in [0.05, 0.1) is 12.1 Å². The van der Waals surface area contributed by atoms with Gasteiger partial charge in [0, 0.05) is 30.6 Å². The number of piperidine rings is 1. The zero-order valence-corrected chi connectivity index (χ0v) is 19.3. The zero-order valence-electron chi connectivity index (χ0n) is 18.5. The van der Waals surface area contributed by atoms with Crippen LogP contribution in [0.1, 0.15) is 31.6 Å². The Kier molecular flexibility index (Phi) is 5.74. The fraction of sp³-hybridized carbons (Fsp3) is 0.364. The number of aryl methyl sites for hydroxylation is 1. The van der Waals surface area contributed by atoms with Crippen molar-refractivity contribution in [3.05, 3.63) is 63.1 Å². The van der Waals surface area contributed by atoms with Crippen molar-refractivity contribution < 1.29 is 9.90 Å². The summed E-state index contributed by atoms with van der Waals surface area (Å²) in [5.74, 6) is 0.518. The lowest BCUT2D eigenvalue weighted by atomic mass is 10.1. The SMILES string of the molecule is CCn1nnnc1Cn1c(=O)n(C2CCN(C(=O)O)CC2)c(=O)c2sc(-c3ccccc3)cc21. The maximum Gasteiger partial charge on any atom is 0.407 e. The Bertz CT molecular complexity index is 1460. The molecule has 0 bridgehead atoms. The number of rotatable bonds is 5. The van der Waals surface area contributed by atoms with E-state index in [1.165, 1.54) is 20.8 Å². The molecule has 0 aliphatic carbocycles. The third-order valence-corrected chi connectivity index (χ3v) is 7.38. The predicted molar refractivity (Wildman–Crippen MR) is 126 cm³/mol. The third-order valence-electron chi connectivity index (χ3n) is 6.22. The molecule has 1 saturated heterocycles. The number of carbonyl (C=O) groups is 1. The molecule has 12 heteroatoms. The molecule has 1 aliphatic rings. The van der Waals surface area contributed by atoms with Crippen molar-refractivity contribution in [2.45, 2.75) is 38.9 Å². The molecule has 34 heavy (non-hydrogen) atoms. The molecule has 1 aliphatic heterocycles. The van der Waals surface area contributed by atoms with Gasteiger partial charge >= 0.3 is 11.8 Å². The first-order valence-corrected chi connectivity index (χ1v) is 11.9. The zero-order chi connectivity index (χ0) is 23.8. The minimum absolute atomic E-state index is 0.120. The molecule has 3 aromatic heterocycles. The average Bonchev–Trinajstić information content (AvgIpc) is 3.50. The molecular weight excluding hydrogens is 458 g/mol. The number of tetrazole rings is 1. The van der Waals surface area contributed by atoms with Crippen molar-refractivity contribution in [1.82, 2.24) is 34.2 Å². The second-order valence-electron chi connectivity index (χ2n) is 8.15. The lowest BCUT2D eigenvalue weighted by Gasteiger charge is -2.30. The quantitative estimate of drug-likeness (QED) is 0.463. The molecule has 0 spiro atoms. The Morgan fingerprint density at radius 2 is 1.91 bits per heavy atom. The number of hydrogen-bond acceptors (Lipinski definition) is 7. The van der Waals surface area contributed by atoms with Gasteiger partial charge in [0.25, 0.3) is 5.56 Å². The van der Waals surface area contributed by atoms with Crippen LogP contribution in [0.2, 0.25) is 0 Å². The van der Waals surface area contributed by atoms with E-state index in [9.17, 15) is 19.5 Å². The third kappa shape index (κ3) is 3.79. The molecule has 0 saturated carbocycles. The van der Waals surface area contributed by atoms with E-state index in [1.807, 2.05) is 43.3 Å². The second-order valence-corrected chi connectivity index (χ2v) is 9.20. The Labute approximate surface area is 197 Å². The van der Waals surface area contributed by atoms with Crippen LogP contribution in [0.5, 0.6) is 0 Å². The topological polar surface area (TPSA) is 128 Å². The highest BCUT2D eigenvalue weighted by Crippen LogP contribution is 2.32. The van der Waals surface area contributed by atoms with E-state index in [4.69, 9.17) is 0 Å². The van der Waals surface area contributed by atoms with Gasteiger partial charge in [-0.3, -0.25) is 13.9 Å². The minimum atomic E-state index is -0.990. The molecule has 4 aromatic rings. The molecule has 176 valence electrons. The standard InChI is InChI=1S/C22H23N7O4S/c1-2-28-18(23-24-25-28)13-27-16-12-17(14-6-4-3-5-7-14)34-19(16)20(30)29(21(27)31)15-8-10-26(11-9-15)22(32)33/h3-7,12,15H,2,8-11,13H2,1H3,(H,32,33). The van der Waals surface area contributed by atoms with Gasteiger partial charge in [-0.1, -0.05) is 30.3 Å². The fourth-order valence-electron chi connectivity index (χ4n) is 4.42. The van der Waals surface area contributed by atoms with E-state index >= 15 is 0 Å². The van der Waals surface area contributed by atoms with Crippen LogP contribution in [-0.4, -0.2) is 58.5 Å². The first kappa shape index (κ1) is 22.0. The van der Waals surface area contributed by atoms with Crippen molar-refractivity contribution in [3.8, 4) is 10.4 Å². The van der Waals surface area contributed by atoms with E-state index in [-0.39, 0.29) is 31.2 Å². The minimum Gasteiger partial charge on any atom is -0.465 e. The van der Waals surface area contributed by atoms with Gasteiger partial charge in [-0.15, -0.1) is 16.4 Å². The monoisotopic (exact) mass is 481 g/mol. The maximum absolute atomic E-state index is 13.7. The molecule has 1 aromatic carbocycles. The van der Waals surface area contributed by atoms with Gasteiger partial charge < -0.3 is 10.0 Å². The van der Waals surface area contributed by atoms with Crippen molar-refractivity contribution in [1.29, 1.82) is 0 Å². The Hall–Kier alpha value is -3.80. The van der Waals surface area contributed by atoms with Crippen molar-refractivity contribution in [3.63, 3.8) is 0 Å². The lowest BCUT2D eigenvalue weighted by molar-refractivity contribution is 0.124. The van der Waals surface area contributed by atoms with E-state index in [0.717, 1.165) is 10.4 Å². The highest BCUT2D eigenvalue weighted by atomic mass is 32.1. The summed E-state index contributed by atoms with van der Waals surface area (Å²) in [7, 11) is 0. The van der Waals surface area contributed by atoms with E-state index in [1.54, 1.807) is 9.25 Å². The number of thiophene rings is 1. The van der Waals surface area contributed by atoms with Crippen molar-refractivity contribution in [2.24, 2.45) is 0 Å². The number of likely N-dealkylation sites (tertiary alicyclic amines) is 1. The van der Waals surface area contributed by atoms with E-state index in [0.29, 0.717) is 35.4 Å². The summed E-state index contributed by atoms with van der Waals surface area (Å²) in [4.78, 5) is 40.8. The van der Waals surface area contributed by atoms with Crippen LogP contribution in [0.15, 0.2) is 46.0 Å². The molecule has 1 fully saturated rings. The van der Waals surface area contributed by atoms with Crippen LogP contribution >= 0.6 is 11.3 Å². The number of carboxylic acid groups (broad SMARTS) is 1. The van der Waals surface area contributed by atoms with Crippen LogP contribution in [0.3, 0.4) is 0 Å². The summed E-state index contributed by atoms with van der Waals surface area (Å²) in [5, 5.41) is 21.0. The molecule has 0 atom stereocenters. The van der Waals surface area contributed by atoms with E-state index < -0.39 is 11.8 Å². The second kappa shape index (κ2) is 8.86. The summed E-state index contributed by atoms with van der Waals surface area (Å²) in [6.45, 7) is 3.13. The number of fused-ring (bicyclic) bond motifs is 1. The van der Waals surface area contributed by atoms with Gasteiger partial charge in [-0.2, -0.15) is 0 Å². The summed E-state index contributed by atoms with van der Waals surface area (Å²) < 4.78 is 4.95. The fourth-order valence-corrected chi connectivity index (χ4v) is 5.53. The van der Waals surface area contributed by atoms with Gasteiger partial charge in [0.15, 0.2) is 5.82 Å². The number of aromatic nitrogens is 6. The molecule has 11 nitrogen and oxygen atoms in total. The van der Waals surface area contributed by atoms with Gasteiger partial charge in [-0.25, -0.2) is 14.3 Å². The number of nitrogens with zero attached hydrogens (tertiary/aromatic N) is 7. The summed E-state index contributed by atoms with van der Waals surface area (Å²) >= 11 is 1.35. The van der Waals surface area contributed by atoms with Crippen molar-refractivity contribution in [2.75, 3.05) is 13.1 Å². The number of hydrogen-bond donors (Lipinski definition) is 1. The smallest absolute Gasteiger partial charge is 0.407 e. The van der Waals surface area contributed by atoms with Crippen LogP contribution in [-0.2, 0) is 13.1 Å². The maximum atomic E-state index is 13.7. The predicted octanol–water partition coefficient (Wildman–Crippen LogP) is 2.26. The number of amides is 1. The lowest BCUT2D eigenvalue weighted by Crippen LogP contribution is -2.46. The first-order chi connectivity index (χ1) is 16.5. The first-order valence-electron chi connectivity index (χ1n) is 11.0. The molecule has 1 N–H and O–H groups in total. The average molecular weight is 482 g/mol. The summed E-state index contributed by atoms with van der Waals surface area (Å²) in [6, 6.07) is 11.2. The number of benzene rings is 1. The highest BCUT2D eigenvalue weighted by molar-refractivity contribution is 7.22. The molecule has 4 heterocycles. The molecule has 0 radical (unpaired) electrons. The van der Waals surface area contributed by atoms with Gasteiger partial charge in [0.2, 0.25) is 0 Å². The highest BCUT2D eigenvalue weighted by Gasteiger charge is 2.28. The Balaban J connectivity index is 1.67. The van der Waals surface area contributed by atoms with Gasteiger partial charge in [0.1, 0.15) is 4.70 Å². The Morgan fingerprint density at radius 1 is 1.18 bits per heavy atom.